The van der Waals surface area contributed by atoms with Crippen molar-refractivity contribution in [3.8, 4) is 5.75 Å². The molecule has 5 heteroatoms. The molecule has 1 aliphatic rings. The topological polar surface area (TPSA) is 47.9 Å². The van der Waals surface area contributed by atoms with Crippen LogP contribution >= 0.6 is 22.6 Å². The van der Waals surface area contributed by atoms with Gasteiger partial charge in [-0.05, 0) is 82.6 Å². The number of cyclic esters (lactones) is 1. The number of rotatable bonds is 5. The molecule has 4 nitrogen and oxygen atoms in total. The molecule has 3 aromatic carbocycles. The van der Waals surface area contributed by atoms with Gasteiger partial charge < -0.3 is 9.47 Å². The van der Waals surface area contributed by atoms with Crippen molar-refractivity contribution in [1.82, 2.24) is 0 Å². The van der Waals surface area contributed by atoms with E-state index in [1.165, 1.54) is 0 Å². The zero-order valence-corrected chi connectivity index (χ0v) is 17.9. The molecular formula is C24H18INO3. The zero-order valence-electron chi connectivity index (χ0n) is 15.8. The van der Waals surface area contributed by atoms with Crippen molar-refractivity contribution >= 4 is 40.5 Å². The molecule has 0 radical (unpaired) electrons. The molecule has 0 saturated heterocycles. The van der Waals surface area contributed by atoms with Crippen molar-refractivity contribution in [3.05, 3.63) is 104 Å². The van der Waals surface area contributed by atoms with Gasteiger partial charge in [-0.15, -0.1) is 0 Å². The molecule has 1 aliphatic heterocycles. The molecule has 0 bridgehead atoms. The second-order valence-corrected chi connectivity index (χ2v) is 7.81. The van der Waals surface area contributed by atoms with Crippen LogP contribution in [0.3, 0.4) is 0 Å². The van der Waals surface area contributed by atoms with Gasteiger partial charge >= 0.3 is 5.97 Å². The summed E-state index contributed by atoms with van der Waals surface area (Å²) >= 11 is 2.27. The smallest absolute Gasteiger partial charge is 0.363 e. The Labute approximate surface area is 183 Å². The van der Waals surface area contributed by atoms with Gasteiger partial charge in [-0.25, -0.2) is 9.79 Å². The van der Waals surface area contributed by atoms with E-state index in [4.69, 9.17) is 9.47 Å². The van der Waals surface area contributed by atoms with Crippen molar-refractivity contribution in [1.29, 1.82) is 0 Å². The van der Waals surface area contributed by atoms with E-state index in [1.54, 1.807) is 6.08 Å². The minimum atomic E-state index is -0.452. The normalized spacial score (nSPS) is 14.6. The molecule has 1 heterocycles. The van der Waals surface area contributed by atoms with Gasteiger partial charge in [0.15, 0.2) is 5.70 Å². The fourth-order valence-electron chi connectivity index (χ4n) is 2.90. The van der Waals surface area contributed by atoms with E-state index in [2.05, 4.69) is 27.6 Å². The summed E-state index contributed by atoms with van der Waals surface area (Å²) in [5, 5.41) is 0. The van der Waals surface area contributed by atoms with Crippen LogP contribution in [0.1, 0.15) is 22.3 Å². The van der Waals surface area contributed by atoms with Gasteiger partial charge in [-0.3, -0.25) is 0 Å². The summed E-state index contributed by atoms with van der Waals surface area (Å²) in [6, 6.07) is 23.4. The number of halogens is 1. The van der Waals surface area contributed by atoms with Gasteiger partial charge in [0.05, 0.1) is 0 Å². The van der Waals surface area contributed by atoms with E-state index in [-0.39, 0.29) is 5.70 Å². The van der Waals surface area contributed by atoms with E-state index in [0.29, 0.717) is 12.5 Å². The van der Waals surface area contributed by atoms with Crippen LogP contribution in [0.2, 0.25) is 0 Å². The van der Waals surface area contributed by atoms with Gasteiger partial charge in [-0.1, -0.05) is 42.5 Å². The number of nitrogens with zero attached hydrogens (tertiary/aromatic N) is 1. The monoisotopic (exact) mass is 495 g/mol. The highest BCUT2D eigenvalue weighted by Gasteiger charge is 2.24. The molecule has 3 aromatic rings. The summed E-state index contributed by atoms with van der Waals surface area (Å²) in [6.07, 6.45) is 1.71. The summed E-state index contributed by atoms with van der Waals surface area (Å²) in [5.41, 5.74) is 4.10. The van der Waals surface area contributed by atoms with Gasteiger partial charge in [0.1, 0.15) is 12.4 Å². The van der Waals surface area contributed by atoms with Crippen LogP contribution in [0.15, 0.2) is 83.5 Å². The number of aliphatic imine (C=N–C) groups is 1. The van der Waals surface area contributed by atoms with Crippen LogP contribution < -0.4 is 4.74 Å². The number of esters is 1. The van der Waals surface area contributed by atoms with Gasteiger partial charge in [-0.2, -0.15) is 0 Å². The fourth-order valence-corrected chi connectivity index (χ4v) is 3.24. The Morgan fingerprint density at radius 2 is 1.86 bits per heavy atom. The maximum Gasteiger partial charge on any atom is 0.363 e. The number of carbonyl (C=O) groups is 1. The highest BCUT2D eigenvalue weighted by atomic mass is 127. The average molecular weight is 495 g/mol. The van der Waals surface area contributed by atoms with Crippen molar-refractivity contribution in [3.63, 3.8) is 0 Å². The Balaban J connectivity index is 1.53. The van der Waals surface area contributed by atoms with E-state index < -0.39 is 5.97 Å². The van der Waals surface area contributed by atoms with Crippen LogP contribution in [-0.4, -0.2) is 11.9 Å². The van der Waals surface area contributed by atoms with E-state index >= 15 is 0 Å². The molecule has 0 aromatic heterocycles. The van der Waals surface area contributed by atoms with Crippen molar-refractivity contribution in [2.45, 2.75) is 13.5 Å². The molecule has 0 unspecified atom stereocenters. The summed E-state index contributed by atoms with van der Waals surface area (Å²) in [4.78, 5) is 16.7. The molecule has 0 spiro atoms. The maximum absolute atomic E-state index is 12.3. The van der Waals surface area contributed by atoms with Gasteiger partial charge in [0.2, 0.25) is 5.90 Å². The Morgan fingerprint density at radius 3 is 2.66 bits per heavy atom. The third-order valence-electron chi connectivity index (χ3n) is 4.44. The highest BCUT2D eigenvalue weighted by Crippen LogP contribution is 2.23. The molecule has 0 saturated carbocycles. The predicted molar refractivity (Wildman–Crippen MR) is 122 cm³/mol. The zero-order chi connectivity index (χ0) is 20.2. The molecule has 0 atom stereocenters. The lowest BCUT2D eigenvalue weighted by Gasteiger charge is -2.07. The van der Waals surface area contributed by atoms with Gasteiger partial charge in [0, 0.05) is 9.13 Å². The number of ether oxygens (including phenoxy) is 2. The lowest BCUT2D eigenvalue weighted by molar-refractivity contribution is -0.129. The molecule has 4 rings (SSSR count). The molecule has 0 N–H and O–H groups in total. The van der Waals surface area contributed by atoms with E-state index in [1.807, 2.05) is 79.7 Å². The van der Waals surface area contributed by atoms with Crippen LogP contribution in [0, 0.1) is 10.5 Å². The molecule has 0 aliphatic carbocycles. The number of aryl methyl sites for hydroxylation is 1. The van der Waals surface area contributed by atoms with Crippen LogP contribution in [0.4, 0.5) is 0 Å². The largest absolute Gasteiger partial charge is 0.489 e. The molecule has 0 amide bonds. The molecule has 29 heavy (non-hydrogen) atoms. The summed E-state index contributed by atoms with van der Waals surface area (Å²) in [6.45, 7) is 2.50. The Kier molecular flexibility index (Phi) is 5.76. The second-order valence-electron chi connectivity index (χ2n) is 6.65. The van der Waals surface area contributed by atoms with E-state index in [0.717, 1.165) is 31.6 Å². The molecule has 0 fully saturated rings. The Bertz CT molecular complexity index is 1120. The third kappa shape index (κ3) is 4.74. The van der Waals surface area contributed by atoms with Crippen LogP contribution in [-0.2, 0) is 16.1 Å². The first kappa shape index (κ1) is 19.4. The highest BCUT2D eigenvalue weighted by molar-refractivity contribution is 14.1. The number of hydrogen-bond donors (Lipinski definition) is 0. The minimum Gasteiger partial charge on any atom is -0.489 e. The SMILES string of the molecule is Cc1cc(C2=N/C(=C\c3cccc(OCc4ccccc4)c3)C(=O)O2)ccc1I. The third-order valence-corrected chi connectivity index (χ3v) is 5.65. The van der Waals surface area contributed by atoms with Crippen LogP contribution in [0.25, 0.3) is 6.08 Å². The minimum absolute atomic E-state index is 0.274. The molecular weight excluding hydrogens is 477 g/mol. The number of hydrogen-bond acceptors (Lipinski definition) is 4. The van der Waals surface area contributed by atoms with Crippen molar-refractivity contribution in [2.75, 3.05) is 0 Å². The first-order chi connectivity index (χ1) is 14.1. The second kappa shape index (κ2) is 8.61. The quantitative estimate of drug-likeness (QED) is 0.266. The lowest BCUT2D eigenvalue weighted by Crippen LogP contribution is -2.05. The first-order valence-corrected chi connectivity index (χ1v) is 10.2. The van der Waals surface area contributed by atoms with Crippen molar-refractivity contribution < 1.29 is 14.3 Å². The fraction of sp³-hybridized carbons (Fsp3) is 0.0833. The lowest BCUT2D eigenvalue weighted by atomic mass is 10.1. The summed E-state index contributed by atoms with van der Waals surface area (Å²) < 4.78 is 12.4. The standard InChI is InChI=1S/C24H18INO3/c1-16-12-19(10-11-21(16)25)23-26-22(24(27)29-23)14-18-8-5-9-20(13-18)28-15-17-6-3-2-4-7-17/h2-14H,15H2,1H3/b22-14-. The average Bonchev–Trinajstić information content (AvgIpc) is 3.10. The first-order valence-electron chi connectivity index (χ1n) is 9.14. The molecule has 144 valence electrons. The Morgan fingerprint density at radius 1 is 1.03 bits per heavy atom. The Hall–Kier alpha value is -2.93. The van der Waals surface area contributed by atoms with Gasteiger partial charge in [0.25, 0.3) is 0 Å². The predicted octanol–water partition coefficient (Wildman–Crippen LogP) is 5.52. The number of carbonyl (C=O) groups excluding carboxylic acids is 1. The van der Waals surface area contributed by atoms with Crippen LogP contribution in [0.5, 0.6) is 5.75 Å². The van der Waals surface area contributed by atoms with Crippen molar-refractivity contribution in [2.24, 2.45) is 4.99 Å². The number of benzene rings is 3. The summed E-state index contributed by atoms with van der Waals surface area (Å²) in [5.74, 6) is 0.607. The summed E-state index contributed by atoms with van der Waals surface area (Å²) in [7, 11) is 0. The van der Waals surface area contributed by atoms with E-state index in [9.17, 15) is 4.79 Å². The maximum atomic E-state index is 12.3.